The molecule has 0 aromatic rings. The second kappa shape index (κ2) is 6.97. The van der Waals surface area contributed by atoms with Crippen LogP contribution in [-0.4, -0.2) is 47.7 Å². The zero-order valence-electron chi connectivity index (χ0n) is 11.3. The molecule has 1 fully saturated rings. The number of aliphatic hydroxyl groups excluding tert-OH is 1. The number of carbonyl (C=O) groups excluding carboxylic acids is 1. The van der Waals surface area contributed by atoms with Crippen LogP contribution in [0.15, 0.2) is 0 Å². The van der Waals surface area contributed by atoms with Crippen LogP contribution >= 0.6 is 0 Å². The van der Waals surface area contributed by atoms with Gasteiger partial charge in [0.25, 0.3) is 0 Å². The standard InChI is InChI=1S/C13H26N2O2/c1-4-5-10(2)14-13(17)9-15-7-6-12(8-15)11(3)16/h10-12,16H,4-9H2,1-3H3,(H,14,17). The minimum atomic E-state index is -0.262. The molecule has 100 valence electrons. The number of hydrogen-bond acceptors (Lipinski definition) is 3. The Morgan fingerprint density at radius 3 is 2.76 bits per heavy atom. The van der Waals surface area contributed by atoms with Gasteiger partial charge in [-0.1, -0.05) is 13.3 Å². The molecule has 0 bridgehead atoms. The lowest BCUT2D eigenvalue weighted by Gasteiger charge is -2.19. The molecule has 4 nitrogen and oxygen atoms in total. The molecule has 1 saturated heterocycles. The highest BCUT2D eigenvalue weighted by atomic mass is 16.3. The van der Waals surface area contributed by atoms with E-state index in [1.165, 1.54) is 0 Å². The Labute approximate surface area is 104 Å². The SMILES string of the molecule is CCCC(C)NC(=O)CN1CCC(C(C)O)C1. The Balaban J connectivity index is 2.24. The Morgan fingerprint density at radius 1 is 1.53 bits per heavy atom. The van der Waals surface area contributed by atoms with Crippen molar-refractivity contribution in [3.8, 4) is 0 Å². The summed E-state index contributed by atoms with van der Waals surface area (Å²) in [5, 5.41) is 12.5. The first-order valence-corrected chi connectivity index (χ1v) is 6.72. The van der Waals surface area contributed by atoms with Crippen molar-refractivity contribution in [1.82, 2.24) is 10.2 Å². The van der Waals surface area contributed by atoms with Crippen LogP contribution < -0.4 is 5.32 Å². The van der Waals surface area contributed by atoms with E-state index in [-0.39, 0.29) is 18.1 Å². The summed E-state index contributed by atoms with van der Waals surface area (Å²) in [6.07, 6.45) is 2.86. The van der Waals surface area contributed by atoms with Gasteiger partial charge in [-0.25, -0.2) is 0 Å². The minimum Gasteiger partial charge on any atom is -0.393 e. The summed E-state index contributed by atoms with van der Waals surface area (Å²) in [4.78, 5) is 13.9. The van der Waals surface area contributed by atoms with E-state index in [9.17, 15) is 9.90 Å². The van der Waals surface area contributed by atoms with Gasteiger partial charge < -0.3 is 10.4 Å². The maximum Gasteiger partial charge on any atom is 0.234 e. The summed E-state index contributed by atoms with van der Waals surface area (Å²) in [6.45, 7) is 8.23. The molecule has 1 rings (SSSR count). The zero-order valence-corrected chi connectivity index (χ0v) is 11.3. The first-order valence-electron chi connectivity index (χ1n) is 6.72. The molecule has 2 N–H and O–H groups in total. The average molecular weight is 242 g/mol. The van der Waals surface area contributed by atoms with Crippen molar-refractivity contribution in [2.24, 2.45) is 5.92 Å². The van der Waals surface area contributed by atoms with E-state index >= 15 is 0 Å². The van der Waals surface area contributed by atoms with Crippen LogP contribution in [0.1, 0.15) is 40.0 Å². The molecule has 1 heterocycles. The third-order valence-corrected chi connectivity index (χ3v) is 3.49. The van der Waals surface area contributed by atoms with Crippen LogP contribution in [0.25, 0.3) is 0 Å². The molecule has 3 atom stereocenters. The van der Waals surface area contributed by atoms with Gasteiger partial charge in [-0.2, -0.15) is 0 Å². The highest BCUT2D eigenvalue weighted by Crippen LogP contribution is 2.18. The number of hydrogen-bond donors (Lipinski definition) is 2. The lowest BCUT2D eigenvalue weighted by molar-refractivity contribution is -0.122. The van der Waals surface area contributed by atoms with E-state index in [1.54, 1.807) is 0 Å². The molecular weight excluding hydrogens is 216 g/mol. The van der Waals surface area contributed by atoms with E-state index in [4.69, 9.17) is 0 Å². The Hall–Kier alpha value is -0.610. The summed E-state index contributed by atoms with van der Waals surface area (Å²) >= 11 is 0. The summed E-state index contributed by atoms with van der Waals surface area (Å²) in [5.41, 5.74) is 0. The second-order valence-electron chi connectivity index (χ2n) is 5.28. The van der Waals surface area contributed by atoms with Gasteiger partial charge in [0.05, 0.1) is 12.6 Å². The second-order valence-corrected chi connectivity index (χ2v) is 5.28. The third kappa shape index (κ3) is 5.04. The topological polar surface area (TPSA) is 52.6 Å². The fourth-order valence-electron chi connectivity index (χ4n) is 2.43. The first-order chi connectivity index (χ1) is 8.02. The monoisotopic (exact) mass is 242 g/mol. The Kier molecular flexibility index (Phi) is 5.92. The highest BCUT2D eigenvalue weighted by molar-refractivity contribution is 5.78. The van der Waals surface area contributed by atoms with Crippen molar-refractivity contribution in [2.45, 2.75) is 52.2 Å². The van der Waals surface area contributed by atoms with E-state index in [0.29, 0.717) is 12.5 Å². The number of nitrogens with one attached hydrogen (secondary N) is 1. The summed E-state index contributed by atoms with van der Waals surface area (Å²) in [7, 11) is 0. The number of nitrogens with zero attached hydrogens (tertiary/aromatic N) is 1. The highest BCUT2D eigenvalue weighted by Gasteiger charge is 2.27. The molecule has 4 heteroatoms. The molecule has 3 unspecified atom stereocenters. The number of carbonyl (C=O) groups is 1. The lowest BCUT2D eigenvalue weighted by Crippen LogP contribution is -2.40. The van der Waals surface area contributed by atoms with Gasteiger partial charge in [0.15, 0.2) is 0 Å². The maximum atomic E-state index is 11.7. The van der Waals surface area contributed by atoms with Gasteiger partial charge in [-0.15, -0.1) is 0 Å². The predicted octanol–water partition coefficient (Wildman–Crippen LogP) is 0.994. The fraction of sp³-hybridized carbons (Fsp3) is 0.923. The first kappa shape index (κ1) is 14.5. The summed E-state index contributed by atoms with van der Waals surface area (Å²) in [5.74, 6) is 0.438. The van der Waals surface area contributed by atoms with Crippen molar-refractivity contribution in [1.29, 1.82) is 0 Å². The van der Waals surface area contributed by atoms with E-state index in [0.717, 1.165) is 32.4 Å². The molecule has 0 spiro atoms. The minimum absolute atomic E-state index is 0.109. The summed E-state index contributed by atoms with van der Waals surface area (Å²) in [6, 6.07) is 0.266. The lowest BCUT2D eigenvalue weighted by atomic mass is 10.0. The quantitative estimate of drug-likeness (QED) is 0.730. The van der Waals surface area contributed by atoms with E-state index < -0.39 is 0 Å². The van der Waals surface area contributed by atoms with E-state index in [1.807, 2.05) is 13.8 Å². The van der Waals surface area contributed by atoms with Gasteiger partial charge in [0, 0.05) is 12.6 Å². The van der Waals surface area contributed by atoms with Crippen molar-refractivity contribution in [3.63, 3.8) is 0 Å². The van der Waals surface area contributed by atoms with Crippen molar-refractivity contribution >= 4 is 5.91 Å². The van der Waals surface area contributed by atoms with Gasteiger partial charge in [-0.05, 0) is 39.2 Å². The summed E-state index contributed by atoms with van der Waals surface area (Å²) < 4.78 is 0. The maximum absolute atomic E-state index is 11.7. The number of amides is 1. The average Bonchev–Trinajstić information content (AvgIpc) is 2.66. The van der Waals surface area contributed by atoms with Gasteiger partial charge >= 0.3 is 0 Å². The zero-order chi connectivity index (χ0) is 12.8. The number of likely N-dealkylation sites (tertiary alicyclic amines) is 1. The molecule has 0 saturated carbocycles. The van der Waals surface area contributed by atoms with Crippen molar-refractivity contribution in [2.75, 3.05) is 19.6 Å². The fourth-order valence-corrected chi connectivity index (χ4v) is 2.43. The smallest absolute Gasteiger partial charge is 0.234 e. The van der Waals surface area contributed by atoms with Crippen LogP contribution in [0, 0.1) is 5.92 Å². The van der Waals surface area contributed by atoms with Crippen LogP contribution in [0.4, 0.5) is 0 Å². The van der Waals surface area contributed by atoms with Crippen LogP contribution in [0.3, 0.4) is 0 Å². The normalized spacial score (nSPS) is 24.6. The molecular formula is C13H26N2O2. The molecule has 0 radical (unpaired) electrons. The molecule has 1 aliphatic rings. The van der Waals surface area contributed by atoms with Crippen molar-refractivity contribution in [3.05, 3.63) is 0 Å². The third-order valence-electron chi connectivity index (χ3n) is 3.49. The predicted molar refractivity (Wildman–Crippen MR) is 68.7 cm³/mol. The Morgan fingerprint density at radius 2 is 2.24 bits per heavy atom. The Bertz CT molecular complexity index is 244. The van der Waals surface area contributed by atoms with Gasteiger partial charge in [0.1, 0.15) is 0 Å². The number of aliphatic hydroxyl groups is 1. The van der Waals surface area contributed by atoms with E-state index in [2.05, 4.69) is 17.1 Å². The molecule has 1 aliphatic heterocycles. The van der Waals surface area contributed by atoms with Crippen LogP contribution in [0.2, 0.25) is 0 Å². The number of rotatable bonds is 6. The van der Waals surface area contributed by atoms with Crippen LogP contribution in [-0.2, 0) is 4.79 Å². The van der Waals surface area contributed by atoms with Crippen molar-refractivity contribution < 1.29 is 9.90 Å². The van der Waals surface area contributed by atoms with Crippen LogP contribution in [0.5, 0.6) is 0 Å². The molecule has 0 aromatic carbocycles. The molecule has 0 aromatic heterocycles. The van der Waals surface area contributed by atoms with Gasteiger partial charge in [-0.3, -0.25) is 9.69 Å². The molecule has 0 aliphatic carbocycles. The molecule has 17 heavy (non-hydrogen) atoms. The van der Waals surface area contributed by atoms with Gasteiger partial charge in [0.2, 0.25) is 5.91 Å². The largest absolute Gasteiger partial charge is 0.393 e. The molecule has 1 amide bonds.